The molecule has 0 saturated heterocycles. The van der Waals surface area contributed by atoms with Crippen molar-refractivity contribution in [2.45, 2.75) is 141 Å². The van der Waals surface area contributed by atoms with Crippen molar-refractivity contribution in [3.8, 4) is 33.4 Å². The molecule has 6 aliphatic rings. The lowest BCUT2D eigenvalue weighted by atomic mass is 9.70. The highest BCUT2D eigenvalue weighted by atomic mass is 15.2. The van der Waals surface area contributed by atoms with Crippen LogP contribution >= 0.6 is 0 Å². The van der Waals surface area contributed by atoms with E-state index < -0.39 is 0 Å². The Bertz CT molecular complexity index is 6290. The maximum atomic E-state index is 2.62. The molecular weight excluding hydrogens is 1350 g/mol. The first-order valence-electron chi connectivity index (χ1n) is 41.1. The zero-order chi connectivity index (χ0) is 76.4. The summed E-state index contributed by atoms with van der Waals surface area (Å²) in [6.07, 6.45) is 14.6. The molecule has 0 spiro atoms. The van der Waals surface area contributed by atoms with Crippen LogP contribution in [0.2, 0.25) is 0 Å². The molecule has 1 atom stereocenters. The predicted octanol–water partition coefficient (Wildman–Crippen LogP) is 28.3. The molecule has 0 amide bonds. The van der Waals surface area contributed by atoms with E-state index >= 15 is 0 Å². The third kappa shape index (κ3) is 11.5. The minimum absolute atomic E-state index is 0.0307. The van der Waals surface area contributed by atoms with Gasteiger partial charge in [-0.2, -0.15) is 0 Å². The zero-order valence-electron chi connectivity index (χ0n) is 66.9. The SMILES string of the molecule is CC1(C)CCN(c2ccc3c(c2)C(C)(C)c2cc(C=Cc4ccc5cc(N6CCC(C)(Cc7ccc8c(c7)C(C)(C)CCN8c7ccc8c(c7)C(C)(C)c7cc(C=Cc9ccc(-c%10ccc%11cc(N%12CCC(C)(C)c%13ccccc%13%12)ccc%11c%10)c%10ccccc9%10)ccc7-8)c7ccccc76)ccc5c4)ccc2-3)c2ccccc21. The first-order chi connectivity index (χ1) is 54.0. The lowest BCUT2D eigenvalue weighted by Crippen LogP contribution is -2.38. The van der Waals surface area contributed by atoms with Crippen LogP contribution in [0.15, 0.2) is 273 Å². The maximum Gasteiger partial charge on any atom is 0.0449 e. The normalized spacial score (nSPS) is 18.5. The van der Waals surface area contributed by atoms with Gasteiger partial charge in [-0.3, -0.25) is 0 Å². The summed E-state index contributed by atoms with van der Waals surface area (Å²) in [4.78, 5) is 10.2. The molecule has 552 valence electrons. The summed E-state index contributed by atoms with van der Waals surface area (Å²) in [5, 5.41) is 7.56. The highest BCUT2D eigenvalue weighted by Gasteiger charge is 2.42. The molecule has 0 N–H and O–H groups in total. The smallest absolute Gasteiger partial charge is 0.0449 e. The third-order valence-electron chi connectivity index (χ3n) is 27.6. The molecule has 0 aromatic heterocycles. The largest absolute Gasteiger partial charge is 0.341 e. The number of hydrogen-bond donors (Lipinski definition) is 0. The van der Waals surface area contributed by atoms with Gasteiger partial charge in [-0.15, -0.1) is 0 Å². The van der Waals surface area contributed by atoms with Gasteiger partial charge in [0.15, 0.2) is 0 Å². The van der Waals surface area contributed by atoms with E-state index in [4.69, 9.17) is 0 Å². The highest BCUT2D eigenvalue weighted by molar-refractivity contribution is 6.04. The average Bonchev–Trinajstić information content (AvgIpc) is 1.64. The van der Waals surface area contributed by atoms with E-state index in [1.54, 1.807) is 0 Å². The number of nitrogens with zero attached hydrogens (tertiary/aromatic N) is 4. The molecule has 2 aliphatic carbocycles. The molecule has 1 unspecified atom stereocenters. The number of benzene rings is 14. The van der Waals surface area contributed by atoms with Crippen molar-refractivity contribution in [2.75, 3.05) is 45.8 Å². The van der Waals surface area contributed by atoms with E-state index in [-0.39, 0.29) is 32.5 Å². The van der Waals surface area contributed by atoms with Crippen LogP contribution in [-0.2, 0) is 38.9 Å². The van der Waals surface area contributed by atoms with Crippen molar-refractivity contribution in [2.24, 2.45) is 0 Å². The maximum absolute atomic E-state index is 2.62. The minimum atomic E-state index is -0.180. The topological polar surface area (TPSA) is 13.0 Å². The summed E-state index contributed by atoms with van der Waals surface area (Å²) in [5.41, 5.74) is 35.9. The number of hydrogen-bond acceptors (Lipinski definition) is 4. The van der Waals surface area contributed by atoms with Gasteiger partial charge in [0, 0.05) is 87.9 Å². The minimum Gasteiger partial charge on any atom is -0.341 e. The lowest BCUT2D eigenvalue weighted by molar-refractivity contribution is 0.419. The molecule has 4 aliphatic heterocycles. The summed E-state index contributed by atoms with van der Waals surface area (Å²) < 4.78 is 0. The second kappa shape index (κ2) is 25.8. The summed E-state index contributed by atoms with van der Waals surface area (Å²) in [5.74, 6) is 0. The van der Waals surface area contributed by atoms with Crippen LogP contribution in [0.4, 0.5) is 45.5 Å². The molecule has 4 nitrogen and oxygen atoms in total. The molecule has 0 radical (unpaired) electrons. The van der Waals surface area contributed by atoms with Crippen molar-refractivity contribution in [3.63, 3.8) is 0 Å². The van der Waals surface area contributed by atoms with Crippen LogP contribution in [0.3, 0.4) is 0 Å². The lowest BCUT2D eigenvalue weighted by Gasteiger charge is -2.43. The standard InChI is InChI=1S/C108H100N4/c1-103(2)52-56-109(99-25-17-14-22-91(99)103)80-43-40-76-64-79(38-37-78(76)66-80)85-48-41-74(84-20-12-13-21-86(84)85)35-30-72-33-47-88-90-50-45-83(68-97(90)107(9,10)95(88)62-72)111-58-54-105(5,6)98-63-73(34-51-102(98)111)69-108(11)55-59-112(101-27-19-16-24-93(101)108)81-42-39-75-60-70(31-36-77(75)65-81)28-29-71-32-46-87-89-49-44-82(67-96(89)106(7,8)94(87)61-71)110-57-53-104(3,4)92-23-15-18-26-100(92)110/h12-51,60-68H,52-59,69H2,1-11H3. The fraction of sp³-hybridized carbons (Fsp3) is 0.241. The van der Waals surface area contributed by atoms with Crippen molar-refractivity contribution in [3.05, 3.63) is 345 Å². The molecule has 14 aromatic rings. The molecule has 20 rings (SSSR count). The van der Waals surface area contributed by atoms with Gasteiger partial charge in [0.2, 0.25) is 0 Å². The Labute approximate surface area is 663 Å². The molecular formula is C108H100N4. The Morgan fingerprint density at radius 2 is 0.652 bits per heavy atom. The van der Waals surface area contributed by atoms with Gasteiger partial charge in [0.1, 0.15) is 0 Å². The first kappa shape index (κ1) is 69.7. The van der Waals surface area contributed by atoms with Crippen LogP contribution < -0.4 is 19.6 Å². The van der Waals surface area contributed by atoms with Gasteiger partial charge in [0.25, 0.3) is 0 Å². The van der Waals surface area contributed by atoms with Gasteiger partial charge in [-0.05, 0) is 271 Å². The van der Waals surface area contributed by atoms with E-state index in [9.17, 15) is 0 Å². The molecule has 112 heavy (non-hydrogen) atoms. The Kier molecular flexibility index (Phi) is 16.1. The Morgan fingerprint density at radius 1 is 0.268 bits per heavy atom. The third-order valence-corrected chi connectivity index (χ3v) is 27.6. The Hall–Kier alpha value is -11.5. The second-order valence-electron chi connectivity index (χ2n) is 36.7. The highest BCUT2D eigenvalue weighted by Crippen LogP contribution is 2.56. The van der Waals surface area contributed by atoms with E-state index in [2.05, 4.69) is 393 Å². The molecule has 4 heteroatoms. The Morgan fingerprint density at radius 3 is 1.21 bits per heavy atom. The molecule has 14 aromatic carbocycles. The number of para-hydroxylation sites is 3. The number of fused-ring (bicyclic) bond motifs is 13. The molecule has 0 bridgehead atoms. The van der Waals surface area contributed by atoms with Gasteiger partial charge < -0.3 is 19.6 Å². The average molecular weight is 1450 g/mol. The van der Waals surface area contributed by atoms with Crippen molar-refractivity contribution >= 4 is 102 Å². The summed E-state index contributed by atoms with van der Waals surface area (Å²) in [6, 6.07) is 105. The van der Waals surface area contributed by atoms with Gasteiger partial charge in [-0.25, -0.2) is 0 Å². The fourth-order valence-corrected chi connectivity index (χ4v) is 20.7. The summed E-state index contributed by atoms with van der Waals surface area (Å²) in [7, 11) is 0. The monoisotopic (exact) mass is 1450 g/mol. The zero-order valence-corrected chi connectivity index (χ0v) is 66.9. The van der Waals surface area contributed by atoms with Gasteiger partial charge >= 0.3 is 0 Å². The van der Waals surface area contributed by atoms with Crippen LogP contribution in [0.1, 0.15) is 174 Å². The molecule has 4 heterocycles. The molecule has 0 saturated carbocycles. The van der Waals surface area contributed by atoms with Crippen molar-refractivity contribution in [1.82, 2.24) is 0 Å². The van der Waals surface area contributed by atoms with Crippen molar-refractivity contribution < 1.29 is 0 Å². The summed E-state index contributed by atoms with van der Waals surface area (Å²) in [6.45, 7) is 30.6. The predicted molar refractivity (Wildman–Crippen MR) is 479 cm³/mol. The van der Waals surface area contributed by atoms with Crippen LogP contribution in [0.25, 0.3) is 90.0 Å². The first-order valence-corrected chi connectivity index (χ1v) is 41.1. The van der Waals surface area contributed by atoms with Gasteiger partial charge in [0.05, 0.1) is 0 Å². The van der Waals surface area contributed by atoms with Crippen molar-refractivity contribution in [1.29, 1.82) is 0 Å². The second-order valence-corrected chi connectivity index (χ2v) is 36.7. The quantitative estimate of drug-likeness (QED) is 0.120. The molecule has 0 fully saturated rings. The Balaban J connectivity index is 0.509. The fourth-order valence-electron chi connectivity index (χ4n) is 20.7. The van der Waals surface area contributed by atoms with E-state index in [0.29, 0.717) is 0 Å². The van der Waals surface area contributed by atoms with E-state index in [1.165, 1.54) is 184 Å². The van der Waals surface area contributed by atoms with Crippen LogP contribution in [0.5, 0.6) is 0 Å². The number of anilines is 8. The number of rotatable bonds is 11. The van der Waals surface area contributed by atoms with Crippen LogP contribution in [0, 0.1) is 0 Å². The summed E-state index contributed by atoms with van der Waals surface area (Å²) >= 11 is 0. The van der Waals surface area contributed by atoms with E-state index in [1.807, 2.05) is 0 Å². The van der Waals surface area contributed by atoms with Gasteiger partial charge in [-0.1, -0.05) is 289 Å². The van der Waals surface area contributed by atoms with E-state index in [0.717, 1.165) is 58.3 Å². The van der Waals surface area contributed by atoms with Crippen LogP contribution in [-0.4, -0.2) is 26.2 Å².